The molecule has 10 heteroatoms. The van der Waals surface area contributed by atoms with Crippen molar-refractivity contribution in [1.29, 1.82) is 0 Å². The molecular weight excluding hydrogens is 277 g/mol. The molecule has 0 aromatic carbocycles. The molecule has 1 aliphatic heterocycles. The number of hydrogen-bond donors (Lipinski definition) is 2. The predicted molar refractivity (Wildman–Crippen MR) is 54.9 cm³/mol. The van der Waals surface area contributed by atoms with Gasteiger partial charge in [-0.1, -0.05) is 0 Å². The van der Waals surface area contributed by atoms with E-state index in [4.69, 9.17) is 5.11 Å². The molecule has 0 saturated carbocycles. The van der Waals surface area contributed by atoms with Crippen LogP contribution in [0.5, 0.6) is 0 Å². The lowest BCUT2D eigenvalue weighted by Crippen LogP contribution is -2.46. The van der Waals surface area contributed by atoms with Crippen LogP contribution in [0.3, 0.4) is 0 Å². The van der Waals surface area contributed by atoms with Crippen molar-refractivity contribution in [3.05, 3.63) is 0 Å². The number of halogens is 3. The fourth-order valence-electron chi connectivity index (χ4n) is 1.84. The van der Waals surface area contributed by atoms with Crippen LogP contribution in [0.25, 0.3) is 0 Å². The molecule has 0 aromatic rings. The van der Waals surface area contributed by atoms with Gasteiger partial charge >= 0.3 is 12.1 Å². The molecule has 18 heavy (non-hydrogen) atoms. The Morgan fingerprint density at radius 3 is 2.44 bits per heavy atom. The van der Waals surface area contributed by atoms with E-state index in [1.165, 1.54) is 11.6 Å². The molecular formula is C8H13F3N2O4S. The highest BCUT2D eigenvalue weighted by molar-refractivity contribution is 7.87. The van der Waals surface area contributed by atoms with Crippen LogP contribution in [0.4, 0.5) is 13.2 Å². The van der Waals surface area contributed by atoms with Gasteiger partial charge in [-0.3, -0.25) is 4.79 Å². The molecule has 1 heterocycles. The molecule has 106 valence electrons. The minimum Gasteiger partial charge on any atom is -0.481 e. The molecule has 1 aliphatic rings. The van der Waals surface area contributed by atoms with Gasteiger partial charge in [-0.2, -0.15) is 30.6 Å². The second kappa shape index (κ2) is 5.02. The van der Waals surface area contributed by atoms with Crippen molar-refractivity contribution in [2.45, 2.75) is 25.6 Å². The largest absolute Gasteiger partial charge is 0.481 e. The summed E-state index contributed by atoms with van der Waals surface area (Å²) in [5, 5.41) is 8.80. The van der Waals surface area contributed by atoms with Crippen molar-refractivity contribution in [3.8, 4) is 0 Å². The number of nitrogens with one attached hydrogen (secondary N) is 1. The molecule has 0 amide bonds. The zero-order valence-electron chi connectivity index (χ0n) is 9.44. The Labute approximate surface area is 102 Å². The SMILES string of the molecule is CC1C(C(=O)O)CCN1S(=O)(=O)NCC(F)(F)F. The molecule has 0 spiro atoms. The Morgan fingerprint density at radius 1 is 1.50 bits per heavy atom. The van der Waals surface area contributed by atoms with E-state index in [0.29, 0.717) is 0 Å². The molecule has 0 aliphatic carbocycles. The topological polar surface area (TPSA) is 86.7 Å². The summed E-state index contributed by atoms with van der Waals surface area (Å²) >= 11 is 0. The maximum Gasteiger partial charge on any atom is 0.402 e. The van der Waals surface area contributed by atoms with Gasteiger partial charge in [0.15, 0.2) is 0 Å². The van der Waals surface area contributed by atoms with Gasteiger partial charge < -0.3 is 5.11 Å². The number of alkyl halides is 3. The zero-order chi connectivity index (χ0) is 14.1. The third kappa shape index (κ3) is 3.56. The van der Waals surface area contributed by atoms with E-state index in [9.17, 15) is 26.4 Å². The monoisotopic (exact) mass is 290 g/mol. The molecule has 2 N–H and O–H groups in total. The molecule has 0 radical (unpaired) electrons. The highest BCUT2D eigenvalue weighted by Crippen LogP contribution is 2.26. The summed E-state index contributed by atoms with van der Waals surface area (Å²) in [6, 6.07) is -0.867. The summed E-state index contributed by atoms with van der Waals surface area (Å²) < 4.78 is 61.1. The molecule has 1 fully saturated rings. The third-order valence-corrected chi connectivity index (χ3v) is 4.42. The van der Waals surface area contributed by atoms with Crippen LogP contribution in [-0.2, 0) is 15.0 Å². The molecule has 6 nitrogen and oxygen atoms in total. The van der Waals surface area contributed by atoms with Gasteiger partial charge in [0.05, 0.1) is 5.92 Å². The van der Waals surface area contributed by atoms with E-state index < -0.39 is 40.9 Å². The first kappa shape index (κ1) is 15.2. The number of carboxylic acids is 1. The summed E-state index contributed by atoms with van der Waals surface area (Å²) in [6.45, 7) is -0.416. The van der Waals surface area contributed by atoms with Crippen molar-refractivity contribution in [3.63, 3.8) is 0 Å². The first-order chi connectivity index (χ1) is 8.04. The summed E-state index contributed by atoms with van der Waals surface area (Å²) in [5.41, 5.74) is 0. The molecule has 2 atom stereocenters. The predicted octanol–water partition coefficient (Wildman–Crippen LogP) is 0.178. The minimum absolute atomic E-state index is 0.0867. The zero-order valence-corrected chi connectivity index (χ0v) is 10.3. The van der Waals surface area contributed by atoms with Crippen molar-refractivity contribution in [2.24, 2.45) is 5.92 Å². The van der Waals surface area contributed by atoms with Crippen molar-refractivity contribution < 1.29 is 31.5 Å². The third-order valence-electron chi connectivity index (χ3n) is 2.78. The van der Waals surface area contributed by atoms with E-state index in [0.717, 1.165) is 4.31 Å². The fraction of sp³-hybridized carbons (Fsp3) is 0.875. The van der Waals surface area contributed by atoms with Crippen LogP contribution in [-0.4, -0.2) is 49.1 Å². The van der Waals surface area contributed by atoms with Crippen molar-refractivity contribution in [2.75, 3.05) is 13.1 Å². The lowest BCUT2D eigenvalue weighted by atomic mass is 10.0. The second-order valence-corrected chi connectivity index (χ2v) is 5.73. The first-order valence-electron chi connectivity index (χ1n) is 5.10. The number of aliphatic carboxylic acids is 1. The lowest BCUT2D eigenvalue weighted by molar-refractivity contribution is -0.142. The molecule has 2 unspecified atom stereocenters. The van der Waals surface area contributed by atoms with Crippen molar-refractivity contribution >= 4 is 16.2 Å². The highest BCUT2D eigenvalue weighted by atomic mass is 32.2. The Hall–Kier alpha value is -0.870. The maximum absolute atomic E-state index is 11.9. The van der Waals surface area contributed by atoms with E-state index in [2.05, 4.69) is 0 Å². The Balaban J connectivity index is 2.73. The normalized spacial score (nSPS) is 26.4. The standard InChI is InChI=1S/C8H13F3N2O4S/c1-5-6(7(14)15)2-3-13(5)18(16,17)12-4-8(9,10)11/h5-6,12H,2-4H2,1H3,(H,14,15). The van der Waals surface area contributed by atoms with E-state index in [-0.39, 0.29) is 13.0 Å². The van der Waals surface area contributed by atoms with E-state index in [1.807, 2.05) is 0 Å². The highest BCUT2D eigenvalue weighted by Gasteiger charge is 2.42. The van der Waals surface area contributed by atoms with Gasteiger partial charge in [-0.15, -0.1) is 0 Å². The van der Waals surface area contributed by atoms with Crippen LogP contribution < -0.4 is 4.72 Å². The fourth-order valence-corrected chi connectivity index (χ4v) is 3.28. The molecule has 1 rings (SSSR count). The summed E-state index contributed by atoms with van der Waals surface area (Å²) in [7, 11) is -4.31. The minimum atomic E-state index is -4.65. The summed E-state index contributed by atoms with van der Waals surface area (Å²) in [4.78, 5) is 10.8. The number of carbonyl (C=O) groups is 1. The van der Waals surface area contributed by atoms with Gasteiger partial charge in [0.2, 0.25) is 0 Å². The van der Waals surface area contributed by atoms with Gasteiger partial charge in [0, 0.05) is 12.6 Å². The smallest absolute Gasteiger partial charge is 0.402 e. The molecule has 0 aromatic heterocycles. The number of hydrogen-bond acceptors (Lipinski definition) is 3. The lowest BCUT2D eigenvalue weighted by Gasteiger charge is -2.23. The summed E-state index contributed by atoms with van der Waals surface area (Å²) in [5.74, 6) is -2.05. The van der Waals surface area contributed by atoms with Crippen LogP contribution in [0, 0.1) is 5.92 Å². The Kier molecular flexibility index (Phi) is 4.23. The van der Waals surface area contributed by atoms with Crippen LogP contribution in [0.2, 0.25) is 0 Å². The van der Waals surface area contributed by atoms with Crippen LogP contribution in [0.1, 0.15) is 13.3 Å². The quantitative estimate of drug-likeness (QED) is 0.773. The second-order valence-electron chi connectivity index (χ2n) is 4.03. The van der Waals surface area contributed by atoms with Crippen LogP contribution in [0.15, 0.2) is 0 Å². The molecule has 0 bridgehead atoms. The maximum atomic E-state index is 11.9. The van der Waals surface area contributed by atoms with E-state index in [1.54, 1.807) is 0 Å². The average Bonchev–Trinajstić information content (AvgIpc) is 2.57. The Bertz CT molecular complexity index is 423. The van der Waals surface area contributed by atoms with Crippen molar-refractivity contribution in [1.82, 2.24) is 9.03 Å². The first-order valence-corrected chi connectivity index (χ1v) is 6.54. The summed E-state index contributed by atoms with van der Waals surface area (Å²) in [6.07, 6.45) is -4.56. The number of rotatable bonds is 4. The number of carboxylic acid groups (broad SMARTS) is 1. The molecule has 1 saturated heterocycles. The van der Waals surface area contributed by atoms with Gasteiger partial charge in [-0.05, 0) is 13.3 Å². The Morgan fingerprint density at radius 2 is 2.06 bits per heavy atom. The van der Waals surface area contributed by atoms with Gasteiger partial charge in [-0.25, -0.2) is 0 Å². The number of nitrogens with zero attached hydrogens (tertiary/aromatic N) is 1. The van der Waals surface area contributed by atoms with Gasteiger partial charge in [0.25, 0.3) is 10.2 Å². The van der Waals surface area contributed by atoms with E-state index >= 15 is 0 Å². The average molecular weight is 290 g/mol. The van der Waals surface area contributed by atoms with Crippen LogP contribution >= 0.6 is 0 Å². The van der Waals surface area contributed by atoms with Gasteiger partial charge in [0.1, 0.15) is 6.54 Å².